The predicted molar refractivity (Wildman–Crippen MR) is 115 cm³/mol. The van der Waals surface area contributed by atoms with Gasteiger partial charge in [0.1, 0.15) is 5.75 Å². The number of nitrogens with zero attached hydrogens (tertiary/aromatic N) is 1. The molecule has 1 aromatic carbocycles. The van der Waals surface area contributed by atoms with E-state index in [9.17, 15) is 24.6 Å². The van der Waals surface area contributed by atoms with E-state index in [2.05, 4.69) is 10.6 Å². The third-order valence-electron chi connectivity index (χ3n) is 4.29. The van der Waals surface area contributed by atoms with E-state index in [4.69, 9.17) is 11.6 Å². The number of nitrogens with one attached hydrogen (secondary N) is 2. The van der Waals surface area contributed by atoms with Gasteiger partial charge in [-0.1, -0.05) is 23.7 Å². The largest absolute Gasteiger partial charge is 0.505 e. The molecule has 3 aromatic rings. The molecule has 0 bridgehead atoms. The zero-order chi connectivity index (χ0) is 21.8. The van der Waals surface area contributed by atoms with Gasteiger partial charge in [0, 0.05) is 23.1 Å². The lowest BCUT2D eigenvalue weighted by Crippen LogP contribution is -2.35. The molecule has 0 aliphatic heterocycles. The van der Waals surface area contributed by atoms with Gasteiger partial charge >= 0.3 is 12.0 Å². The minimum absolute atomic E-state index is 0.294. The van der Waals surface area contributed by atoms with Crippen LogP contribution in [0.3, 0.4) is 0 Å². The molecule has 0 fully saturated rings. The van der Waals surface area contributed by atoms with Gasteiger partial charge in [0.05, 0.1) is 12.5 Å². The molecule has 2 aromatic heterocycles. The van der Waals surface area contributed by atoms with Crippen LogP contribution in [-0.2, 0) is 11.8 Å². The Kier molecular flexibility index (Phi) is 6.43. The Bertz CT molecular complexity index is 1160. The van der Waals surface area contributed by atoms with E-state index in [1.807, 2.05) is 17.5 Å². The Balaban J connectivity index is 1.82. The second-order valence-electron chi connectivity index (χ2n) is 6.49. The summed E-state index contributed by atoms with van der Waals surface area (Å²) in [5.41, 5.74) is 0.808. The molecular formula is C20H18ClN3O5S. The third kappa shape index (κ3) is 5.00. The van der Waals surface area contributed by atoms with Crippen molar-refractivity contribution in [3.05, 3.63) is 68.2 Å². The lowest BCUT2D eigenvalue weighted by Gasteiger charge is -2.16. The molecule has 1 atom stereocenters. The van der Waals surface area contributed by atoms with Crippen molar-refractivity contribution in [2.24, 2.45) is 7.05 Å². The van der Waals surface area contributed by atoms with Crippen LogP contribution >= 0.6 is 22.9 Å². The zero-order valence-electron chi connectivity index (χ0n) is 15.8. The molecule has 0 radical (unpaired) electrons. The van der Waals surface area contributed by atoms with Gasteiger partial charge in [-0.05, 0) is 40.8 Å². The predicted octanol–water partition coefficient (Wildman–Crippen LogP) is 3.81. The monoisotopic (exact) mass is 447 g/mol. The highest BCUT2D eigenvalue weighted by molar-refractivity contribution is 7.10. The molecule has 0 saturated carbocycles. The highest BCUT2D eigenvalue weighted by Gasteiger charge is 2.21. The van der Waals surface area contributed by atoms with E-state index in [0.29, 0.717) is 9.90 Å². The fraction of sp³-hybridized carbons (Fsp3) is 0.150. The molecule has 2 amide bonds. The van der Waals surface area contributed by atoms with Gasteiger partial charge in [-0.2, -0.15) is 0 Å². The minimum Gasteiger partial charge on any atom is -0.505 e. The summed E-state index contributed by atoms with van der Waals surface area (Å²) in [7, 11) is 1.47. The van der Waals surface area contributed by atoms with Crippen molar-refractivity contribution < 1.29 is 19.8 Å². The number of pyridine rings is 1. The minimum atomic E-state index is -1.10. The first-order chi connectivity index (χ1) is 14.2. The number of carbonyl (C=O) groups is 2. The first-order valence-electron chi connectivity index (χ1n) is 8.77. The Morgan fingerprint density at radius 2 is 2.00 bits per heavy atom. The second kappa shape index (κ2) is 9.02. The number of anilines is 1. The Morgan fingerprint density at radius 3 is 2.70 bits per heavy atom. The first-order valence-corrected chi connectivity index (χ1v) is 10.0. The summed E-state index contributed by atoms with van der Waals surface area (Å²) in [6, 6.07) is 8.62. The fourth-order valence-corrected chi connectivity index (χ4v) is 3.96. The summed E-state index contributed by atoms with van der Waals surface area (Å²) >= 11 is 7.32. The number of carboxylic acids is 1. The number of halogens is 1. The molecule has 3 rings (SSSR count). The molecule has 2 heterocycles. The highest BCUT2D eigenvalue weighted by atomic mass is 35.5. The number of aliphatic carboxylic acids is 1. The molecule has 0 saturated heterocycles. The lowest BCUT2D eigenvalue weighted by molar-refractivity contribution is -0.137. The van der Waals surface area contributed by atoms with Gasteiger partial charge < -0.3 is 25.4 Å². The summed E-state index contributed by atoms with van der Waals surface area (Å²) in [6.45, 7) is 0. The number of amides is 2. The van der Waals surface area contributed by atoms with Crippen molar-refractivity contribution in [1.29, 1.82) is 0 Å². The van der Waals surface area contributed by atoms with Crippen LogP contribution in [0.1, 0.15) is 17.3 Å². The van der Waals surface area contributed by atoms with Crippen LogP contribution in [0.2, 0.25) is 5.02 Å². The number of benzene rings is 1. The maximum Gasteiger partial charge on any atom is 0.320 e. The second-order valence-corrected chi connectivity index (χ2v) is 7.87. The van der Waals surface area contributed by atoms with E-state index in [-0.39, 0.29) is 17.9 Å². The Labute approximate surface area is 180 Å². The first kappa shape index (κ1) is 21.4. The molecule has 10 heteroatoms. The van der Waals surface area contributed by atoms with Crippen LogP contribution in [0.4, 0.5) is 10.5 Å². The topological polar surface area (TPSA) is 121 Å². The molecule has 1 unspecified atom stereocenters. The molecule has 0 aliphatic carbocycles. The number of hydrogen-bond acceptors (Lipinski definition) is 5. The summed E-state index contributed by atoms with van der Waals surface area (Å²) in [5, 5.41) is 26.4. The molecule has 156 valence electrons. The average Bonchev–Trinajstić information content (AvgIpc) is 3.18. The molecule has 0 spiro atoms. The van der Waals surface area contributed by atoms with Crippen molar-refractivity contribution in [2.45, 2.75) is 12.5 Å². The lowest BCUT2D eigenvalue weighted by atomic mass is 10.1. The van der Waals surface area contributed by atoms with Gasteiger partial charge in [0.15, 0.2) is 5.69 Å². The van der Waals surface area contributed by atoms with Gasteiger partial charge in [0.2, 0.25) is 0 Å². The normalized spacial score (nSPS) is 11.7. The number of carbonyl (C=O) groups excluding carboxylic acids is 1. The number of rotatable bonds is 6. The summed E-state index contributed by atoms with van der Waals surface area (Å²) in [6.07, 6.45) is 0.999. The van der Waals surface area contributed by atoms with E-state index < -0.39 is 23.6 Å². The van der Waals surface area contributed by atoms with Crippen molar-refractivity contribution in [1.82, 2.24) is 9.88 Å². The third-order valence-corrected chi connectivity index (χ3v) is 5.57. The number of aryl methyl sites for hydroxylation is 1. The van der Waals surface area contributed by atoms with Crippen LogP contribution in [0.5, 0.6) is 5.75 Å². The van der Waals surface area contributed by atoms with E-state index >= 15 is 0 Å². The van der Waals surface area contributed by atoms with Crippen LogP contribution < -0.4 is 16.2 Å². The van der Waals surface area contributed by atoms with Crippen molar-refractivity contribution in [2.75, 3.05) is 5.32 Å². The van der Waals surface area contributed by atoms with Crippen molar-refractivity contribution >= 4 is 40.6 Å². The average molecular weight is 448 g/mol. The van der Waals surface area contributed by atoms with Crippen molar-refractivity contribution in [3.8, 4) is 16.9 Å². The SMILES string of the molecule is Cn1ccc(O)c(NC(=O)NC(CC(=O)O)c2cc(-c3cccc(Cl)c3)cs2)c1=O. The maximum atomic E-state index is 12.4. The van der Waals surface area contributed by atoms with Gasteiger partial charge in [-0.3, -0.25) is 9.59 Å². The number of hydrogen-bond donors (Lipinski definition) is 4. The molecule has 30 heavy (non-hydrogen) atoms. The van der Waals surface area contributed by atoms with Crippen LogP contribution in [0.15, 0.2) is 52.8 Å². The Morgan fingerprint density at radius 1 is 1.23 bits per heavy atom. The van der Waals surface area contributed by atoms with Gasteiger partial charge in [-0.25, -0.2) is 4.79 Å². The number of aromatic hydroxyl groups is 1. The maximum absolute atomic E-state index is 12.4. The number of aromatic nitrogens is 1. The summed E-state index contributed by atoms with van der Waals surface area (Å²) in [5.74, 6) is -1.49. The van der Waals surface area contributed by atoms with E-state index in [0.717, 1.165) is 11.1 Å². The van der Waals surface area contributed by atoms with Gasteiger partial charge in [0.25, 0.3) is 5.56 Å². The fourth-order valence-electron chi connectivity index (χ4n) is 2.80. The number of urea groups is 1. The smallest absolute Gasteiger partial charge is 0.320 e. The van der Waals surface area contributed by atoms with Crippen LogP contribution in [0.25, 0.3) is 11.1 Å². The van der Waals surface area contributed by atoms with Crippen LogP contribution in [0, 0.1) is 0 Å². The molecule has 4 N–H and O–H groups in total. The van der Waals surface area contributed by atoms with Gasteiger partial charge in [-0.15, -0.1) is 11.3 Å². The molecule has 8 nitrogen and oxygen atoms in total. The van der Waals surface area contributed by atoms with E-state index in [1.165, 1.54) is 35.2 Å². The standard InChI is InChI=1S/C20H18ClN3O5S/c1-24-6-5-15(25)18(19(24)28)23-20(29)22-14(9-17(26)27)16-8-12(10-30-16)11-3-2-4-13(21)7-11/h2-8,10,14,25H,9H2,1H3,(H,26,27)(H2,22,23,29). The molecule has 0 aliphatic rings. The summed E-state index contributed by atoms with van der Waals surface area (Å²) in [4.78, 5) is 36.5. The summed E-state index contributed by atoms with van der Waals surface area (Å²) < 4.78 is 1.20. The Hall–Kier alpha value is -3.30. The quantitative estimate of drug-likeness (QED) is 0.458. The van der Waals surface area contributed by atoms with Crippen LogP contribution in [-0.4, -0.2) is 26.8 Å². The van der Waals surface area contributed by atoms with Crippen molar-refractivity contribution in [3.63, 3.8) is 0 Å². The number of carboxylic acid groups (broad SMARTS) is 1. The zero-order valence-corrected chi connectivity index (χ0v) is 17.3. The highest BCUT2D eigenvalue weighted by Crippen LogP contribution is 2.32. The number of thiophene rings is 1. The molecular weight excluding hydrogens is 430 g/mol. The van der Waals surface area contributed by atoms with E-state index in [1.54, 1.807) is 18.2 Å².